The van der Waals surface area contributed by atoms with Crippen LogP contribution in [0.15, 0.2) is 35.9 Å². The van der Waals surface area contributed by atoms with Gasteiger partial charge in [-0.3, -0.25) is 0 Å². The van der Waals surface area contributed by atoms with Crippen molar-refractivity contribution in [1.29, 1.82) is 0 Å². The number of hydrogen-bond donors (Lipinski definition) is 3. The summed E-state index contributed by atoms with van der Waals surface area (Å²) in [5, 5.41) is 3.13. The van der Waals surface area contributed by atoms with Crippen molar-refractivity contribution in [2.45, 2.75) is 24.9 Å². The zero-order chi connectivity index (χ0) is 14.4. The Labute approximate surface area is 118 Å². The second-order valence-corrected chi connectivity index (χ2v) is 6.11. The van der Waals surface area contributed by atoms with Gasteiger partial charge in [-0.1, -0.05) is 6.92 Å². The molecule has 7 nitrogen and oxygen atoms in total. The molecule has 0 spiro atoms. The average Bonchev–Trinajstić information content (AvgIpc) is 3.07. The molecule has 0 amide bonds. The summed E-state index contributed by atoms with van der Waals surface area (Å²) in [6, 6.07) is 1.64. The molecule has 3 N–H and O–H groups in total. The second-order valence-electron chi connectivity index (χ2n) is 4.34. The lowest BCUT2D eigenvalue weighted by Crippen LogP contribution is -2.26. The fourth-order valence-electron chi connectivity index (χ4n) is 1.75. The molecular weight excluding hydrogens is 278 g/mol. The van der Waals surface area contributed by atoms with E-state index in [1.807, 2.05) is 11.5 Å². The van der Waals surface area contributed by atoms with Gasteiger partial charge in [0.1, 0.15) is 0 Å². The summed E-state index contributed by atoms with van der Waals surface area (Å²) in [4.78, 5) is 7.12. The minimum atomic E-state index is -3.46. The highest BCUT2D eigenvalue weighted by atomic mass is 32.2. The first-order valence-electron chi connectivity index (χ1n) is 6.45. The molecule has 2 rings (SSSR count). The van der Waals surface area contributed by atoms with Gasteiger partial charge in [0.2, 0.25) is 10.0 Å². The van der Waals surface area contributed by atoms with Crippen molar-refractivity contribution in [1.82, 2.24) is 24.6 Å². The van der Waals surface area contributed by atoms with E-state index in [0.29, 0.717) is 19.6 Å². The minimum Gasteiger partial charge on any atom is -0.363 e. The van der Waals surface area contributed by atoms with Crippen LogP contribution in [0.2, 0.25) is 0 Å². The zero-order valence-corrected chi connectivity index (χ0v) is 12.2. The van der Waals surface area contributed by atoms with Gasteiger partial charge in [0.05, 0.1) is 11.2 Å². The van der Waals surface area contributed by atoms with Crippen LogP contribution < -0.4 is 10.0 Å². The zero-order valence-electron chi connectivity index (χ0n) is 11.3. The number of nitrogens with one attached hydrogen (secondary N) is 3. The van der Waals surface area contributed by atoms with E-state index < -0.39 is 10.0 Å². The molecule has 0 aliphatic heterocycles. The third-order valence-electron chi connectivity index (χ3n) is 2.81. The molecule has 110 valence electrons. The Hall–Kier alpha value is -1.64. The van der Waals surface area contributed by atoms with Crippen LogP contribution in [0.1, 0.15) is 12.6 Å². The van der Waals surface area contributed by atoms with Crippen molar-refractivity contribution in [2.75, 3.05) is 13.1 Å². The maximum atomic E-state index is 12.1. The van der Waals surface area contributed by atoms with Crippen LogP contribution in [0.3, 0.4) is 0 Å². The molecular formula is C12H19N5O2S. The van der Waals surface area contributed by atoms with E-state index in [4.69, 9.17) is 0 Å². The molecule has 0 aromatic carbocycles. The smallest absolute Gasteiger partial charge is 0.242 e. The average molecular weight is 297 g/mol. The van der Waals surface area contributed by atoms with E-state index in [9.17, 15) is 8.42 Å². The number of sulfonamides is 1. The molecule has 0 fully saturated rings. The Kier molecular flexibility index (Phi) is 4.94. The van der Waals surface area contributed by atoms with Gasteiger partial charge in [-0.05, 0) is 12.6 Å². The van der Waals surface area contributed by atoms with Crippen LogP contribution in [0, 0.1) is 0 Å². The Bertz CT molecular complexity index is 618. The summed E-state index contributed by atoms with van der Waals surface area (Å²) in [6.07, 6.45) is 6.61. The Morgan fingerprint density at radius 2 is 2.30 bits per heavy atom. The van der Waals surface area contributed by atoms with Gasteiger partial charge >= 0.3 is 0 Å². The van der Waals surface area contributed by atoms with Crippen LogP contribution in [0.4, 0.5) is 0 Å². The van der Waals surface area contributed by atoms with Crippen molar-refractivity contribution in [3.63, 3.8) is 0 Å². The largest absolute Gasteiger partial charge is 0.363 e. The van der Waals surface area contributed by atoms with Gasteiger partial charge in [0.25, 0.3) is 0 Å². The summed E-state index contributed by atoms with van der Waals surface area (Å²) in [5.74, 6) is 0. The van der Waals surface area contributed by atoms with Gasteiger partial charge < -0.3 is 14.9 Å². The quantitative estimate of drug-likeness (QED) is 0.653. The number of hydrogen-bond acceptors (Lipinski definition) is 4. The molecule has 20 heavy (non-hydrogen) atoms. The summed E-state index contributed by atoms with van der Waals surface area (Å²) < 4.78 is 28.5. The van der Waals surface area contributed by atoms with Crippen LogP contribution in [-0.2, 0) is 23.1 Å². The highest BCUT2D eigenvalue weighted by Gasteiger charge is 2.15. The van der Waals surface area contributed by atoms with E-state index in [-0.39, 0.29) is 4.90 Å². The predicted molar refractivity (Wildman–Crippen MR) is 75.6 cm³/mol. The highest BCUT2D eigenvalue weighted by Crippen LogP contribution is 2.10. The number of aromatic amines is 1. The van der Waals surface area contributed by atoms with E-state index >= 15 is 0 Å². The topological polar surface area (TPSA) is 91.8 Å². The maximum absolute atomic E-state index is 12.1. The lowest BCUT2D eigenvalue weighted by molar-refractivity contribution is 0.573. The van der Waals surface area contributed by atoms with Crippen molar-refractivity contribution in [2.24, 2.45) is 0 Å². The van der Waals surface area contributed by atoms with E-state index in [1.54, 1.807) is 24.8 Å². The normalized spacial score (nSPS) is 11.8. The van der Waals surface area contributed by atoms with Crippen LogP contribution >= 0.6 is 0 Å². The summed E-state index contributed by atoms with van der Waals surface area (Å²) in [6.45, 7) is 4.34. The molecule has 0 unspecified atom stereocenters. The van der Waals surface area contributed by atoms with Gasteiger partial charge in [0.15, 0.2) is 0 Å². The first-order chi connectivity index (χ1) is 9.62. The highest BCUT2D eigenvalue weighted by molar-refractivity contribution is 7.89. The summed E-state index contributed by atoms with van der Waals surface area (Å²) in [5.41, 5.74) is 0.849. The number of imidazole rings is 1. The lowest BCUT2D eigenvalue weighted by Gasteiger charge is -2.05. The molecule has 2 heterocycles. The SMILES string of the molecule is CCNCc1cc(S(=O)(=O)NCCn2ccnc2)c[nH]1. The van der Waals surface area contributed by atoms with Gasteiger partial charge in [-0.15, -0.1) is 0 Å². The second kappa shape index (κ2) is 6.69. The fourth-order valence-corrected chi connectivity index (χ4v) is 2.79. The number of aromatic nitrogens is 3. The van der Waals surface area contributed by atoms with Crippen molar-refractivity contribution in [3.05, 3.63) is 36.7 Å². The molecule has 0 saturated carbocycles. The van der Waals surface area contributed by atoms with Crippen LogP contribution in [0.25, 0.3) is 0 Å². The third kappa shape index (κ3) is 3.92. The molecule has 8 heteroatoms. The minimum absolute atomic E-state index is 0.260. The molecule has 0 aliphatic rings. The first kappa shape index (κ1) is 14.8. The summed E-state index contributed by atoms with van der Waals surface area (Å²) >= 11 is 0. The Morgan fingerprint density at radius 3 is 3.00 bits per heavy atom. The van der Waals surface area contributed by atoms with Crippen LogP contribution in [0.5, 0.6) is 0 Å². The van der Waals surface area contributed by atoms with E-state index in [0.717, 1.165) is 12.2 Å². The summed E-state index contributed by atoms with van der Waals surface area (Å²) in [7, 11) is -3.46. The Balaban J connectivity index is 1.90. The van der Waals surface area contributed by atoms with Gasteiger partial charge in [-0.25, -0.2) is 18.1 Å². The lowest BCUT2D eigenvalue weighted by atomic mass is 10.4. The molecule has 0 radical (unpaired) electrons. The van der Waals surface area contributed by atoms with Gasteiger partial charge in [0, 0.05) is 43.9 Å². The molecule has 0 saturated heterocycles. The number of rotatable bonds is 8. The van der Waals surface area contributed by atoms with Gasteiger partial charge in [-0.2, -0.15) is 0 Å². The van der Waals surface area contributed by atoms with Crippen molar-refractivity contribution in [3.8, 4) is 0 Å². The van der Waals surface area contributed by atoms with E-state index in [2.05, 4.69) is 20.0 Å². The number of H-pyrrole nitrogens is 1. The standard InChI is InChI=1S/C12H19N5O2S/c1-2-13-8-11-7-12(9-15-11)20(18,19)16-4-6-17-5-3-14-10-17/h3,5,7,9-10,13,15-16H,2,4,6,8H2,1H3. The Morgan fingerprint density at radius 1 is 1.45 bits per heavy atom. The predicted octanol–water partition coefficient (Wildman–Crippen LogP) is 0.299. The molecule has 2 aromatic rings. The van der Waals surface area contributed by atoms with Crippen LogP contribution in [-0.4, -0.2) is 36.0 Å². The maximum Gasteiger partial charge on any atom is 0.242 e. The monoisotopic (exact) mass is 297 g/mol. The number of nitrogens with zero attached hydrogens (tertiary/aromatic N) is 2. The molecule has 2 aromatic heterocycles. The fraction of sp³-hybridized carbons (Fsp3) is 0.417. The molecule has 0 atom stereocenters. The molecule has 0 bridgehead atoms. The molecule has 0 aliphatic carbocycles. The van der Waals surface area contributed by atoms with Crippen molar-refractivity contribution >= 4 is 10.0 Å². The van der Waals surface area contributed by atoms with Crippen molar-refractivity contribution < 1.29 is 8.42 Å². The first-order valence-corrected chi connectivity index (χ1v) is 7.93. The van der Waals surface area contributed by atoms with E-state index in [1.165, 1.54) is 6.20 Å². The third-order valence-corrected chi connectivity index (χ3v) is 4.25.